The minimum atomic E-state index is 0.521. The van der Waals surface area contributed by atoms with E-state index in [9.17, 15) is 0 Å². The molecule has 4 heteroatoms. The second kappa shape index (κ2) is 3.86. The van der Waals surface area contributed by atoms with E-state index in [0.717, 1.165) is 12.8 Å². The van der Waals surface area contributed by atoms with Gasteiger partial charge in [-0.2, -0.15) is 0 Å². The fourth-order valence-corrected chi connectivity index (χ4v) is 1.97. The van der Waals surface area contributed by atoms with E-state index in [0.29, 0.717) is 11.4 Å². The monoisotopic (exact) mass is 194 g/mol. The Kier molecular flexibility index (Phi) is 2.56. The molecule has 1 aliphatic carbocycles. The Morgan fingerprint density at radius 3 is 1.64 bits per heavy atom. The van der Waals surface area contributed by atoms with Crippen LogP contribution >= 0.6 is 0 Å². The first-order valence-corrected chi connectivity index (χ1v) is 4.81. The van der Waals surface area contributed by atoms with Crippen LogP contribution in [0, 0.1) is 0 Å². The number of hydrogen-bond donors (Lipinski definition) is 4. The molecule has 1 aliphatic rings. The molecule has 0 amide bonds. The molecule has 0 unspecified atom stereocenters. The first-order valence-electron chi connectivity index (χ1n) is 4.81. The van der Waals surface area contributed by atoms with Crippen molar-refractivity contribution in [2.75, 3.05) is 11.0 Å². The molecule has 1 aromatic carbocycles. The van der Waals surface area contributed by atoms with E-state index in [-0.39, 0.29) is 0 Å². The van der Waals surface area contributed by atoms with Gasteiger partial charge in [0.1, 0.15) is 0 Å². The maximum atomic E-state index is 8.85. The van der Waals surface area contributed by atoms with Crippen molar-refractivity contribution in [2.45, 2.75) is 25.7 Å². The Bertz CT molecular complexity index is 295. The third kappa shape index (κ3) is 1.54. The second-order valence-corrected chi connectivity index (χ2v) is 3.60. The average molecular weight is 194 g/mol. The highest BCUT2D eigenvalue weighted by Crippen LogP contribution is 2.30. The topological polar surface area (TPSA) is 64.5 Å². The van der Waals surface area contributed by atoms with Gasteiger partial charge in [0.05, 0.1) is 11.4 Å². The molecule has 0 radical (unpaired) electrons. The van der Waals surface area contributed by atoms with Crippen LogP contribution in [0.5, 0.6) is 0 Å². The second-order valence-electron chi connectivity index (χ2n) is 3.60. The number of hydrogen-bond acceptors (Lipinski definition) is 4. The highest BCUT2D eigenvalue weighted by molar-refractivity contribution is 5.69. The SMILES string of the molecule is ONc1cc2c(cc1NO)CCCC2. The standard InChI is InChI=1S/C10H14N2O2/c13-11-9-5-7-3-1-2-4-8(7)6-10(9)12-14/h5-6,11-14H,1-4H2. The van der Waals surface area contributed by atoms with Crippen molar-refractivity contribution in [1.82, 2.24) is 0 Å². The van der Waals surface area contributed by atoms with E-state index in [1.807, 2.05) is 12.1 Å². The zero-order chi connectivity index (χ0) is 9.97. The van der Waals surface area contributed by atoms with Gasteiger partial charge in [0.15, 0.2) is 0 Å². The van der Waals surface area contributed by atoms with Gasteiger partial charge in [-0.1, -0.05) is 0 Å². The maximum absolute atomic E-state index is 8.85. The number of aryl methyl sites for hydroxylation is 2. The highest BCUT2D eigenvalue weighted by Gasteiger charge is 2.12. The van der Waals surface area contributed by atoms with Crippen LogP contribution in [-0.2, 0) is 12.8 Å². The van der Waals surface area contributed by atoms with Crippen LogP contribution in [-0.4, -0.2) is 10.4 Å². The molecular formula is C10H14N2O2. The van der Waals surface area contributed by atoms with Crippen LogP contribution in [0.25, 0.3) is 0 Å². The van der Waals surface area contributed by atoms with Crippen molar-refractivity contribution >= 4 is 11.4 Å². The summed E-state index contributed by atoms with van der Waals surface area (Å²) in [5, 5.41) is 17.7. The molecule has 0 bridgehead atoms. The molecule has 0 atom stereocenters. The lowest BCUT2D eigenvalue weighted by molar-refractivity contribution is 0.377. The Labute approximate surface area is 82.5 Å². The summed E-state index contributed by atoms with van der Waals surface area (Å²) >= 11 is 0. The first-order chi connectivity index (χ1) is 6.85. The van der Waals surface area contributed by atoms with Gasteiger partial charge in [-0.05, 0) is 48.9 Å². The third-order valence-electron chi connectivity index (χ3n) is 2.72. The van der Waals surface area contributed by atoms with Crippen LogP contribution in [0.4, 0.5) is 11.4 Å². The highest BCUT2D eigenvalue weighted by atomic mass is 16.5. The van der Waals surface area contributed by atoms with Gasteiger partial charge in [0.25, 0.3) is 0 Å². The summed E-state index contributed by atoms with van der Waals surface area (Å²) in [5.74, 6) is 0. The third-order valence-corrected chi connectivity index (χ3v) is 2.72. The fourth-order valence-electron chi connectivity index (χ4n) is 1.97. The Morgan fingerprint density at radius 2 is 1.29 bits per heavy atom. The molecule has 0 aliphatic heterocycles. The fraction of sp³-hybridized carbons (Fsp3) is 0.400. The first kappa shape index (κ1) is 9.30. The van der Waals surface area contributed by atoms with Gasteiger partial charge in [-0.15, -0.1) is 0 Å². The summed E-state index contributed by atoms with van der Waals surface area (Å²) in [6, 6.07) is 3.76. The predicted molar refractivity (Wildman–Crippen MR) is 53.9 cm³/mol. The predicted octanol–water partition coefficient (Wildman–Crippen LogP) is 2.17. The van der Waals surface area contributed by atoms with Gasteiger partial charge in [0, 0.05) is 0 Å². The molecule has 2 rings (SSSR count). The van der Waals surface area contributed by atoms with Gasteiger partial charge in [-0.3, -0.25) is 21.4 Å². The quantitative estimate of drug-likeness (QED) is 0.545. The van der Waals surface area contributed by atoms with Crippen molar-refractivity contribution in [1.29, 1.82) is 0 Å². The zero-order valence-corrected chi connectivity index (χ0v) is 7.88. The molecule has 0 saturated heterocycles. The molecule has 14 heavy (non-hydrogen) atoms. The molecule has 4 nitrogen and oxygen atoms in total. The molecule has 0 saturated carbocycles. The number of benzene rings is 1. The van der Waals surface area contributed by atoms with Crippen molar-refractivity contribution in [3.05, 3.63) is 23.3 Å². The largest absolute Gasteiger partial charge is 0.291 e. The summed E-state index contributed by atoms with van der Waals surface area (Å²) in [6.45, 7) is 0. The van der Waals surface area contributed by atoms with Crippen molar-refractivity contribution < 1.29 is 10.4 Å². The lowest BCUT2D eigenvalue weighted by Crippen LogP contribution is -2.06. The summed E-state index contributed by atoms with van der Waals surface area (Å²) in [4.78, 5) is 0. The summed E-state index contributed by atoms with van der Waals surface area (Å²) < 4.78 is 0. The lowest BCUT2D eigenvalue weighted by Gasteiger charge is -2.18. The van der Waals surface area contributed by atoms with E-state index in [4.69, 9.17) is 10.4 Å². The van der Waals surface area contributed by atoms with Crippen LogP contribution in [0.15, 0.2) is 12.1 Å². The van der Waals surface area contributed by atoms with E-state index >= 15 is 0 Å². The molecule has 0 spiro atoms. The summed E-state index contributed by atoms with van der Waals surface area (Å²) in [7, 11) is 0. The molecular weight excluding hydrogens is 180 g/mol. The van der Waals surface area contributed by atoms with E-state index in [2.05, 4.69) is 11.0 Å². The molecule has 1 aromatic rings. The van der Waals surface area contributed by atoms with Gasteiger partial charge < -0.3 is 0 Å². The number of rotatable bonds is 2. The van der Waals surface area contributed by atoms with Gasteiger partial charge in [0.2, 0.25) is 0 Å². The van der Waals surface area contributed by atoms with Crippen molar-refractivity contribution in [3.8, 4) is 0 Å². The molecule has 0 aromatic heterocycles. The van der Waals surface area contributed by atoms with E-state index < -0.39 is 0 Å². The summed E-state index contributed by atoms with van der Waals surface area (Å²) in [5.41, 5.74) is 7.70. The van der Waals surface area contributed by atoms with Crippen LogP contribution < -0.4 is 11.0 Å². The normalized spacial score (nSPS) is 14.7. The van der Waals surface area contributed by atoms with E-state index in [1.54, 1.807) is 0 Å². The smallest absolute Gasteiger partial charge is 0.0859 e. The minimum absolute atomic E-state index is 0.521. The maximum Gasteiger partial charge on any atom is 0.0859 e. The molecule has 4 N–H and O–H groups in total. The van der Waals surface area contributed by atoms with Crippen molar-refractivity contribution in [3.63, 3.8) is 0 Å². The molecule has 0 heterocycles. The minimum Gasteiger partial charge on any atom is -0.291 e. The number of anilines is 2. The number of fused-ring (bicyclic) bond motifs is 1. The summed E-state index contributed by atoms with van der Waals surface area (Å²) in [6.07, 6.45) is 4.50. The Hall–Kier alpha value is -1.26. The average Bonchev–Trinajstić information content (AvgIpc) is 2.27. The van der Waals surface area contributed by atoms with Crippen LogP contribution in [0.1, 0.15) is 24.0 Å². The molecule has 76 valence electrons. The van der Waals surface area contributed by atoms with E-state index in [1.165, 1.54) is 24.0 Å². The zero-order valence-electron chi connectivity index (χ0n) is 7.88. The number of nitrogens with one attached hydrogen (secondary N) is 2. The molecule has 0 fully saturated rings. The van der Waals surface area contributed by atoms with Crippen LogP contribution in [0.3, 0.4) is 0 Å². The lowest BCUT2D eigenvalue weighted by atomic mass is 9.91. The van der Waals surface area contributed by atoms with Gasteiger partial charge >= 0.3 is 0 Å². The Morgan fingerprint density at radius 1 is 0.857 bits per heavy atom. The Balaban J connectivity index is 2.43. The van der Waals surface area contributed by atoms with Gasteiger partial charge in [-0.25, -0.2) is 0 Å². The van der Waals surface area contributed by atoms with Crippen LogP contribution in [0.2, 0.25) is 0 Å². The van der Waals surface area contributed by atoms with Crippen molar-refractivity contribution in [2.24, 2.45) is 0 Å².